The molecule has 1 aliphatic heterocycles. The fourth-order valence-electron chi connectivity index (χ4n) is 2.89. The second kappa shape index (κ2) is 8.98. The standard InChI is InChI=1S/C18H25F2N3O4/c1-26-14-7-13(8-15(9-14)27-2)17(25)23-5-3-12(4-6-23)16(24)22-11-18(19,20)10-21/h7-9,12H,3-6,10-11,21H2,1-2H3,(H,22,24). The molecule has 27 heavy (non-hydrogen) atoms. The zero-order valence-electron chi connectivity index (χ0n) is 15.5. The molecule has 0 bridgehead atoms. The molecule has 0 unspecified atom stereocenters. The van der Waals surface area contributed by atoms with Gasteiger partial charge >= 0.3 is 0 Å². The van der Waals surface area contributed by atoms with Crippen LogP contribution in [0.1, 0.15) is 23.2 Å². The first-order valence-corrected chi connectivity index (χ1v) is 8.67. The van der Waals surface area contributed by atoms with Crippen LogP contribution in [0.15, 0.2) is 18.2 Å². The predicted molar refractivity (Wildman–Crippen MR) is 95.2 cm³/mol. The number of nitrogens with one attached hydrogen (secondary N) is 1. The fraction of sp³-hybridized carbons (Fsp3) is 0.556. The summed E-state index contributed by atoms with van der Waals surface area (Å²) in [7, 11) is 3.00. The highest BCUT2D eigenvalue weighted by atomic mass is 19.3. The monoisotopic (exact) mass is 385 g/mol. The summed E-state index contributed by atoms with van der Waals surface area (Å²) in [6, 6.07) is 4.92. The number of halogens is 2. The first kappa shape index (κ1) is 20.9. The van der Waals surface area contributed by atoms with Gasteiger partial charge in [0.05, 0.1) is 27.3 Å². The number of rotatable bonds is 7. The molecule has 0 radical (unpaired) electrons. The van der Waals surface area contributed by atoms with E-state index in [2.05, 4.69) is 5.32 Å². The normalized spacial score (nSPS) is 15.4. The lowest BCUT2D eigenvalue weighted by Crippen LogP contribution is -2.46. The summed E-state index contributed by atoms with van der Waals surface area (Å²) in [5, 5.41) is 2.24. The average molecular weight is 385 g/mol. The highest BCUT2D eigenvalue weighted by Gasteiger charge is 2.31. The molecule has 1 heterocycles. The number of likely N-dealkylation sites (tertiary alicyclic amines) is 1. The van der Waals surface area contributed by atoms with Gasteiger partial charge in [-0.05, 0) is 25.0 Å². The minimum atomic E-state index is -3.11. The third-order valence-corrected chi connectivity index (χ3v) is 4.57. The highest BCUT2D eigenvalue weighted by Crippen LogP contribution is 2.25. The molecule has 1 aromatic rings. The molecule has 0 spiro atoms. The molecule has 150 valence electrons. The van der Waals surface area contributed by atoms with Gasteiger partial charge in [0.25, 0.3) is 11.8 Å². The Morgan fingerprint density at radius 1 is 1.19 bits per heavy atom. The zero-order chi connectivity index (χ0) is 20.0. The molecule has 7 nitrogen and oxygen atoms in total. The maximum Gasteiger partial charge on any atom is 0.277 e. The van der Waals surface area contributed by atoms with Gasteiger partial charge in [0.1, 0.15) is 11.5 Å². The number of amides is 2. The van der Waals surface area contributed by atoms with Crippen LogP contribution in [0.25, 0.3) is 0 Å². The SMILES string of the molecule is COc1cc(OC)cc(C(=O)N2CCC(C(=O)NCC(F)(F)CN)CC2)c1. The number of benzene rings is 1. The second-order valence-corrected chi connectivity index (χ2v) is 6.45. The number of hydrogen-bond donors (Lipinski definition) is 2. The summed E-state index contributed by atoms with van der Waals surface area (Å²) < 4.78 is 36.6. The lowest BCUT2D eigenvalue weighted by Gasteiger charge is -2.31. The van der Waals surface area contributed by atoms with E-state index < -0.39 is 30.8 Å². The predicted octanol–water partition coefficient (Wildman–Crippen LogP) is 1.27. The molecule has 2 rings (SSSR count). The van der Waals surface area contributed by atoms with E-state index in [0.717, 1.165) is 0 Å². The first-order valence-electron chi connectivity index (χ1n) is 8.67. The number of carbonyl (C=O) groups is 2. The minimum Gasteiger partial charge on any atom is -0.497 e. The molecular formula is C18H25F2N3O4. The molecule has 0 atom stereocenters. The topological polar surface area (TPSA) is 93.9 Å². The summed E-state index contributed by atoms with van der Waals surface area (Å²) in [5.74, 6) is -3.13. The Morgan fingerprint density at radius 2 is 1.74 bits per heavy atom. The van der Waals surface area contributed by atoms with Crippen LogP contribution in [-0.4, -0.2) is 63.0 Å². The number of hydrogen-bond acceptors (Lipinski definition) is 5. The number of methoxy groups -OCH3 is 2. The molecule has 0 saturated carbocycles. The van der Waals surface area contributed by atoms with Crippen molar-refractivity contribution < 1.29 is 27.8 Å². The van der Waals surface area contributed by atoms with Crippen LogP contribution < -0.4 is 20.5 Å². The Labute approximate surface area is 156 Å². The van der Waals surface area contributed by atoms with Crippen LogP contribution in [0.5, 0.6) is 11.5 Å². The maximum atomic E-state index is 13.1. The Kier molecular flexibility index (Phi) is 6.95. The van der Waals surface area contributed by atoms with E-state index in [1.165, 1.54) is 14.2 Å². The highest BCUT2D eigenvalue weighted by molar-refractivity contribution is 5.95. The molecular weight excluding hydrogens is 360 g/mol. The van der Waals surface area contributed by atoms with Crippen molar-refractivity contribution in [2.45, 2.75) is 18.8 Å². The van der Waals surface area contributed by atoms with E-state index in [1.54, 1.807) is 23.1 Å². The maximum absolute atomic E-state index is 13.1. The van der Waals surface area contributed by atoms with Crippen molar-refractivity contribution in [1.82, 2.24) is 10.2 Å². The van der Waals surface area contributed by atoms with Crippen molar-refractivity contribution in [3.8, 4) is 11.5 Å². The second-order valence-electron chi connectivity index (χ2n) is 6.45. The zero-order valence-corrected chi connectivity index (χ0v) is 15.5. The van der Waals surface area contributed by atoms with Gasteiger partial charge in [-0.15, -0.1) is 0 Å². The minimum absolute atomic E-state index is 0.194. The molecule has 0 aromatic heterocycles. The van der Waals surface area contributed by atoms with E-state index in [1.807, 2.05) is 0 Å². The van der Waals surface area contributed by atoms with Gasteiger partial charge in [-0.25, -0.2) is 8.78 Å². The van der Waals surface area contributed by atoms with Gasteiger partial charge in [0, 0.05) is 30.6 Å². The van der Waals surface area contributed by atoms with Crippen molar-refractivity contribution in [3.05, 3.63) is 23.8 Å². The third-order valence-electron chi connectivity index (χ3n) is 4.57. The van der Waals surface area contributed by atoms with Gasteiger partial charge in [-0.1, -0.05) is 0 Å². The van der Waals surface area contributed by atoms with Crippen LogP contribution >= 0.6 is 0 Å². The lowest BCUT2D eigenvalue weighted by molar-refractivity contribution is -0.128. The van der Waals surface area contributed by atoms with Gasteiger partial charge < -0.3 is 25.4 Å². The van der Waals surface area contributed by atoms with E-state index in [0.29, 0.717) is 43.0 Å². The van der Waals surface area contributed by atoms with E-state index >= 15 is 0 Å². The molecule has 1 aliphatic rings. The van der Waals surface area contributed by atoms with Crippen LogP contribution in [0.3, 0.4) is 0 Å². The van der Waals surface area contributed by atoms with Gasteiger partial charge in [-0.2, -0.15) is 0 Å². The quantitative estimate of drug-likeness (QED) is 0.737. The number of piperidine rings is 1. The summed E-state index contributed by atoms with van der Waals surface area (Å²) in [4.78, 5) is 26.4. The Morgan fingerprint density at radius 3 is 2.22 bits per heavy atom. The van der Waals surface area contributed by atoms with Crippen molar-refractivity contribution >= 4 is 11.8 Å². The molecule has 1 aromatic carbocycles. The van der Waals surface area contributed by atoms with E-state index in [-0.39, 0.29) is 5.91 Å². The van der Waals surface area contributed by atoms with Gasteiger partial charge in [0.2, 0.25) is 5.91 Å². The van der Waals surface area contributed by atoms with Crippen LogP contribution in [-0.2, 0) is 4.79 Å². The van der Waals surface area contributed by atoms with Crippen LogP contribution in [0.4, 0.5) is 8.78 Å². The fourth-order valence-corrected chi connectivity index (χ4v) is 2.89. The Bertz CT molecular complexity index is 654. The third kappa shape index (κ3) is 5.53. The number of alkyl halides is 2. The summed E-state index contributed by atoms with van der Waals surface area (Å²) in [6.45, 7) is -0.858. The summed E-state index contributed by atoms with van der Waals surface area (Å²) >= 11 is 0. The molecule has 2 amide bonds. The van der Waals surface area contributed by atoms with Crippen LogP contribution in [0.2, 0.25) is 0 Å². The molecule has 3 N–H and O–H groups in total. The van der Waals surface area contributed by atoms with Gasteiger partial charge in [0.15, 0.2) is 0 Å². The number of ether oxygens (including phenoxy) is 2. The summed E-state index contributed by atoms with van der Waals surface area (Å²) in [5.41, 5.74) is 5.38. The molecule has 1 saturated heterocycles. The number of nitrogens with two attached hydrogens (primary N) is 1. The molecule has 0 aliphatic carbocycles. The van der Waals surface area contributed by atoms with Crippen molar-refractivity contribution in [2.75, 3.05) is 40.4 Å². The number of carbonyl (C=O) groups excluding carboxylic acids is 2. The smallest absolute Gasteiger partial charge is 0.277 e. The van der Waals surface area contributed by atoms with E-state index in [4.69, 9.17) is 15.2 Å². The van der Waals surface area contributed by atoms with E-state index in [9.17, 15) is 18.4 Å². The number of nitrogens with zero attached hydrogens (tertiary/aromatic N) is 1. The first-order chi connectivity index (χ1) is 12.8. The lowest BCUT2D eigenvalue weighted by atomic mass is 9.95. The van der Waals surface area contributed by atoms with Crippen molar-refractivity contribution in [1.29, 1.82) is 0 Å². The van der Waals surface area contributed by atoms with Crippen molar-refractivity contribution in [3.63, 3.8) is 0 Å². The Hall–Kier alpha value is -2.42. The van der Waals surface area contributed by atoms with Crippen LogP contribution in [0, 0.1) is 5.92 Å². The average Bonchev–Trinajstić information content (AvgIpc) is 2.71. The molecule has 1 fully saturated rings. The largest absolute Gasteiger partial charge is 0.497 e. The van der Waals surface area contributed by atoms with Crippen molar-refractivity contribution in [2.24, 2.45) is 11.7 Å². The molecule has 9 heteroatoms. The Balaban J connectivity index is 1.93. The summed E-state index contributed by atoms with van der Waals surface area (Å²) in [6.07, 6.45) is 0.819. The van der Waals surface area contributed by atoms with Gasteiger partial charge in [-0.3, -0.25) is 9.59 Å².